The molecule has 0 heterocycles. The van der Waals surface area contributed by atoms with Crippen molar-refractivity contribution < 1.29 is 9.18 Å². The second-order valence-corrected chi connectivity index (χ2v) is 4.71. The molecule has 0 saturated heterocycles. The number of hydrogen-bond acceptors (Lipinski definition) is 3. The van der Waals surface area contributed by atoms with E-state index < -0.39 is 0 Å². The SMILES string of the molecule is CNCCN(C)C(=O)CSc1ccc(F)cc1.Cl. The Morgan fingerprint density at radius 1 is 1.39 bits per heavy atom. The molecule has 0 atom stereocenters. The molecule has 1 N–H and O–H groups in total. The normalized spacial score (nSPS) is 9.72. The highest BCUT2D eigenvalue weighted by Crippen LogP contribution is 2.18. The molecule has 0 bridgehead atoms. The van der Waals surface area contributed by atoms with Gasteiger partial charge in [0.05, 0.1) is 5.75 Å². The minimum absolute atomic E-state index is 0. The van der Waals surface area contributed by atoms with Crippen LogP contribution in [-0.2, 0) is 4.79 Å². The molecule has 0 fully saturated rings. The predicted molar refractivity (Wildman–Crippen MR) is 75.9 cm³/mol. The fourth-order valence-electron chi connectivity index (χ4n) is 1.19. The van der Waals surface area contributed by atoms with E-state index in [1.807, 2.05) is 7.05 Å². The van der Waals surface area contributed by atoms with Crippen LogP contribution in [0, 0.1) is 5.82 Å². The van der Waals surface area contributed by atoms with Gasteiger partial charge in [-0.05, 0) is 31.3 Å². The number of halogens is 2. The average Bonchev–Trinajstić information content (AvgIpc) is 2.34. The molecule has 1 aromatic carbocycles. The summed E-state index contributed by atoms with van der Waals surface area (Å²) in [6.45, 7) is 1.47. The summed E-state index contributed by atoms with van der Waals surface area (Å²) in [5.74, 6) is 0.202. The molecule has 3 nitrogen and oxygen atoms in total. The highest BCUT2D eigenvalue weighted by atomic mass is 35.5. The molecule has 1 amide bonds. The topological polar surface area (TPSA) is 32.3 Å². The van der Waals surface area contributed by atoms with Crippen LogP contribution in [0.2, 0.25) is 0 Å². The third kappa shape index (κ3) is 6.23. The fourth-order valence-corrected chi connectivity index (χ4v) is 2.03. The first kappa shape index (κ1) is 17.2. The van der Waals surface area contributed by atoms with E-state index in [1.54, 1.807) is 24.1 Å². The number of hydrogen-bond donors (Lipinski definition) is 1. The molecule has 1 aromatic rings. The average molecular weight is 293 g/mol. The van der Waals surface area contributed by atoms with Crippen molar-refractivity contribution in [2.75, 3.05) is 32.9 Å². The second-order valence-electron chi connectivity index (χ2n) is 3.66. The van der Waals surface area contributed by atoms with Gasteiger partial charge in [0.25, 0.3) is 0 Å². The van der Waals surface area contributed by atoms with E-state index in [0.29, 0.717) is 12.3 Å². The van der Waals surface area contributed by atoms with Crippen LogP contribution in [0.5, 0.6) is 0 Å². The minimum Gasteiger partial charge on any atom is -0.344 e. The summed E-state index contributed by atoms with van der Waals surface area (Å²) in [6, 6.07) is 6.16. The summed E-state index contributed by atoms with van der Waals surface area (Å²) in [5.41, 5.74) is 0. The van der Waals surface area contributed by atoms with Crippen molar-refractivity contribution >= 4 is 30.1 Å². The third-order valence-electron chi connectivity index (χ3n) is 2.30. The van der Waals surface area contributed by atoms with Crippen LogP contribution in [0.4, 0.5) is 4.39 Å². The Kier molecular flexibility index (Phi) is 8.79. The summed E-state index contributed by atoms with van der Waals surface area (Å²) in [4.78, 5) is 14.3. The zero-order valence-electron chi connectivity index (χ0n) is 10.5. The Morgan fingerprint density at radius 2 is 2.00 bits per heavy atom. The first-order valence-corrected chi connectivity index (χ1v) is 6.39. The van der Waals surface area contributed by atoms with Gasteiger partial charge in [0.15, 0.2) is 0 Å². The zero-order chi connectivity index (χ0) is 12.7. The molecule has 0 spiro atoms. The molecule has 0 aliphatic rings. The maximum Gasteiger partial charge on any atom is 0.232 e. The number of carbonyl (C=O) groups is 1. The molecule has 0 aliphatic carbocycles. The smallest absolute Gasteiger partial charge is 0.232 e. The van der Waals surface area contributed by atoms with Crippen molar-refractivity contribution in [3.8, 4) is 0 Å². The lowest BCUT2D eigenvalue weighted by Gasteiger charge is -2.16. The lowest BCUT2D eigenvalue weighted by atomic mass is 10.4. The van der Waals surface area contributed by atoms with Crippen molar-refractivity contribution in [1.29, 1.82) is 0 Å². The highest BCUT2D eigenvalue weighted by molar-refractivity contribution is 8.00. The van der Waals surface area contributed by atoms with E-state index in [1.165, 1.54) is 23.9 Å². The van der Waals surface area contributed by atoms with Gasteiger partial charge >= 0.3 is 0 Å². The van der Waals surface area contributed by atoms with Gasteiger partial charge in [0, 0.05) is 25.0 Å². The maximum atomic E-state index is 12.7. The Balaban J connectivity index is 0.00000289. The molecule has 0 saturated carbocycles. The molecule has 0 aromatic heterocycles. The zero-order valence-corrected chi connectivity index (χ0v) is 12.1. The first-order chi connectivity index (χ1) is 8.13. The van der Waals surface area contributed by atoms with E-state index in [9.17, 15) is 9.18 Å². The van der Waals surface area contributed by atoms with Crippen molar-refractivity contribution in [3.05, 3.63) is 30.1 Å². The number of rotatable bonds is 6. The van der Waals surface area contributed by atoms with E-state index in [2.05, 4.69) is 5.32 Å². The number of thioether (sulfide) groups is 1. The van der Waals surface area contributed by atoms with Gasteiger partial charge in [-0.1, -0.05) is 0 Å². The molecule has 102 valence electrons. The van der Waals surface area contributed by atoms with Gasteiger partial charge in [-0.3, -0.25) is 4.79 Å². The van der Waals surface area contributed by atoms with Gasteiger partial charge in [-0.2, -0.15) is 0 Å². The second kappa shape index (κ2) is 9.19. The fraction of sp³-hybridized carbons (Fsp3) is 0.417. The quantitative estimate of drug-likeness (QED) is 0.814. The molecule has 18 heavy (non-hydrogen) atoms. The molecule has 0 radical (unpaired) electrons. The third-order valence-corrected chi connectivity index (χ3v) is 3.30. The number of carbonyl (C=O) groups excluding carboxylic acids is 1. The Hall–Kier alpha value is -0.780. The number of likely N-dealkylation sites (N-methyl/N-ethyl adjacent to an activating group) is 2. The summed E-state index contributed by atoms with van der Waals surface area (Å²) in [6.07, 6.45) is 0. The van der Waals surface area contributed by atoms with Crippen LogP contribution < -0.4 is 5.32 Å². The predicted octanol–water partition coefficient (Wildman–Crippen LogP) is 2.02. The lowest BCUT2D eigenvalue weighted by molar-refractivity contribution is -0.127. The van der Waals surface area contributed by atoms with Crippen LogP contribution >= 0.6 is 24.2 Å². The van der Waals surface area contributed by atoms with Gasteiger partial charge in [0.2, 0.25) is 5.91 Å². The minimum atomic E-state index is -0.258. The molecular weight excluding hydrogens is 275 g/mol. The first-order valence-electron chi connectivity index (χ1n) is 5.40. The van der Waals surface area contributed by atoms with Crippen LogP contribution in [0.15, 0.2) is 29.2 Å². The van der Waals surface area contributed by atoms with Gasteiger partial charge in [-0.15, -0.1) is 24.2 Å². The summed E-state index contributed by atoms with van der Waals surface area (Å²) < 4.78 is 12.7. The van der Waals surface area contributed by atoms with Gasteiger partial charge in [-0.25, -0.2) is 4.39 Å². The monoisotopic (exact) mass is 292 g/mol. The number of benzene rings is 1. The number of amides is 1. The van der Waals surface area contributed by atoms with Crippen LogP contribution in [0.25, 0.3) is 0 Å². The van der Waals surface area contributed by atoms with Gasteiger partial charge in [0.1, 0.15) is 5.82 Å². The Morgan fingerprint density at radius 3 is 2.56 bits per heavy atom. The van der Waals surface area contributed by atoms with Crippen LogP contribution in [-0.4, -0.2) is 43.7 Å². The van der Waals surface area contributed by atoms with Crippen LogP contribution in [0.1, 0.15) is 0 Å². The van der Waals surface area contributed by atoms with Gasteiger partial charge < -0.3 is 10.2 Å². The maximum absolute atomic E-state index is 12.7. The molecular formula is C12H18ClFN2OS. The van der Waals surface area contributed by atoms with E-state index >= 15 is 0 Å². The summed E-state index contributed by atoms with van der Waals surface area (Å²) >= 11 is 1.42. The summed E-state index contributed by atoms with van der Waals surface area (Å²) in [7, 11) is 3.64. The van der Waals surface area contributed by atoms with Crippen molar-refractivity contribution in [2.24, 2.45) is 0 Å². The summed E-state index contributed by atoms with van der Waals surface area (Å²) in [5, 5.41) is 2.99. The molecule has 1 rings (SSSR count). The van der Waals surface area contributed by atoms with Crippen LogP contribution in [0.3, 0.4) is 0 Å². The molecule has 0 unspecified atom stereocenters. The lowest BCUT2D eigenvalue weighted by Crippen LogP contribution is -2.33. The van der Waals surface area contributed by atoms with E-state index in [4.69, 9.17) is 0 Å². The number of nitrogens with zero attached hydrogens (tertiary/aromatic N) is 1. The number of nitrogens with one attached hydrogen (secondary N) is 1. The van der Waals surface area contributed by atoms with E-state index in [0.717, 1.165) is 11.4 Å². The van der Waals surface area contributed by atoms with E-state index in [-0.39, 0.29) is 24.1 Å². The highest BCUT2D eigenvalue weighted by Gasteiger charge is 2.08. The Bertz CT molecular complexity index is 362. The largest absolute Gasteiger partial charge is 0.344 e. The molecule has 0 aliphatic heterocycles. The standard InChI is InChI=1S/C12H17FN2OS.ClH/c1-14-7-8-15(2)12(16)9-17-11-5-3-10(13)4-6-11;/h3-6,14H,7-9H2,1-2H3;1H. The van der Waals surface area contributed by atoms with Crippen molar-refractivity contribution in [3.63, 3.8) is 0 Å². The Labute approximate surface area is 118 Å². The van der Waals surface area contributed by atoms with Crippen molar-refractivity contribution in [1.82, 2.24) is 10.2 Å². The van der Waals surface area contributed by atoms with Crippen molar-refractivity contribution in [2.45, 2.75) is 4.90 Å². The molecule has 6 heteroatoms.